The van der Waals surface area contributed by atoms with Gasteiger partial charge < -0.3 is 10.6 Å². The van der Waals surface area contributed by atoms with E-state index in [0.29, 0.717) is 6.42 Å². The van der Waals surface area contributed by atoms with Crippen LogP contribution in [0, 0.1) is 0 Å². The summed E-state index contributed by atoms with van der Waals surface area (Å²) in [6.45, 7) is 0.370. The molecule has 0 radical (unpaired) electrons. The van der Waals surface area contributed by atoms with Crippen LogP contribution in [0.2, 0.25) is 0 Å². The minimum absolute atomic E-state index is 0.0473. The van der Waals surface area contributed by atoms with Crippen molar-refractivity contribution >= 4 is 60.6 Å². The van der Waals surface area contributed by atoms with Gasteiger partial charge in [-0.15, -0.1) is 23.1 Å². The van der Waals surface area contributed by atoms with E-state index in [9.17, 15) is 26.4 Å². The summed E-state index contributed by atoms with van der Waals surface area (Å²) in [4.78, 5) is 31.8. The lowest BCUT2D eigenvalue weighted by Gasteiger charge is -2.10. The predicted octanol–water partition coefficient (Wildman–Crippen LogP) is 4.60. The fraction of sp³-hybridized carbons (Fsp3) is 0.179. The maximum Gasteiger partial charge on any atom is 0.264 e. The van der Waals surface area contributed by atoms with Gasteiger partial charge in [0, 0.05) is 32.8 Å². The number of aromatic nitrogens is 1. The van der Waals surface area contributed by atoms with Gasteiger partial charge in [0.05, 0.1) is 40.4 Å². The van der Waals surface area contributed by atoms with Crippen molar-refractivity contribution in [2.75, 3.05) is 23.9 Å². The number of thioether (sulfide) groups is 1. The van der Waals surface area contributed by atoms with Gasteiger partial charge in [0.1, 0.15) is 5.01 Å². The number of thiazole rings is 1. The van der Waals surface area contributed by atoms with Gasteiger partial charge in [0.15, 0.2) is 0 Å². The van der Waals surface area contributed by atoms with Crippen LogP contribution in [-0.4, -0.2) is 52.2 Å². The van der Waals surface area contributed by atoms with Crippen molar-refractivity contribution in [3.63, 3.8) is 0 Å². The molecule has 1 aromatic heterocycles. The number of hydrogen-bond acceptors (Lipinski definition) is 10. The molecule has 14 heteroatoms. The van der Waals surface area contributed by atoms with E-state index in [0.717, 1.165) is 32.4 Å². The number of amides is 2. The molecule has 10 nitrogen and oxygen atoms in total. The zero-order chi connectivity index (χ0) is 29.9. The molecule has 4 aromatic rings. The van der Waals surface area contributed by atoms with Crippen LogP contribution in [0.4, 0.5) is 5.69 Å². The number of nitrogens with one attached hydrogen (secondary N) is 2. The van der Waals surface area contributed by atoms with Gasteiger partial charge in [-0.1, -0.05) is 24.3 Å². The standard InChI is InChI=1S/C28H25N3O7S4/c1-41(34,35)38-13-4-14-39-20-10-7-18(8-11-20)28-30-17-21(40-28)16-29-26(32)19-9-12-25-23(15-19)31-27(33)22-5-2-3-6-24(22)42(25,36)37/h2-3,5-12,15,17H,4,13-14,16H2,1H3,(H,29,32)(H,31,33). The third-order valence-electron chi connectivity index (χ3n) is 6.13. The molecule has 3 aromatic carbocycles. The van der Waals surface area contributed by atoms with Crippen molar-refractivity contribution in [1.82, 2.24) is 10.3 Å². The summed E-state index contributed by atoms with van der Waals surface area (Å²) < 4.78 is 53.1. The highest BCUT2D eigenvalue weighted by atomic mass is 32.2. The molecule has 5 rings (SSSR count). The predicted molar refractivity (Wildman–Crippen MR) is 161 cm³/mol. The third-order valence-corrected chi connectivity index (χ3v) is 10.7. The SMILES string of the molecule is CS(=O)(=O)OCCCSc1ccc(-c2ncc(CNC(=O)c3ccc4c(c3)NC(=O)c3ccccc3S4(=O)=O)s2)cc1. The Morgan fingerprint density at radius 2 is 1.83 bits per heavy atom. The number of carbonyl (C=O) groups is 2. The van der Waals surface area contributed by atoms with Crippen LogP contribution in [0.25, 0.3) is 10.6 Å². The molecule has 42 heavy (non-hydrogen) atoms. The minimum Gasteiger partial charge on any atom is -0.347 e. The summed E-state index contributed by atoms with van der Waals surface area (Å²) in [5.41, 5.74) is 1.22. The van der Waals surface area contributed by atoms with Gasteiger partial charge >= 0.3 is 0 Å². The molecule has 0 unspecified atom stereocenters. The maximum absolute atomic E-state index is 13.2. The summed E-state index contributed by atoms with van der Waals surface area (Å²) in [6.07, 6.45) is 3.32. The normalized spacial score (nSPS) is 13.9. The van der Waals surface area contributed by atoms with Crippen LogP contribution in [0.3, 0.4) is 0 Å². The first-order chi connectivity index (χ1) is 20.0. The lowest BCUT2D eigenvalue weighted by Crippen LogP contribution is -2.22. The summed E-state index contributed by atoms with van der Waals surface area (Å²) in [5.74, 6) is -0.270. The number of hydrogen-bond donors (Lipinski definition) is 2. The summed E-state index contributed by atoms with van der Waals surface area (Å²) in [6, 6.07) is 17.9. The smallest absolute Gasteiger partial charge is 0.264 e. The van der Waals surface area contributed by atoms with Gasteiger partial charge in [0.2, 0.25) is 9.84 Å². The minimum atomic E-state index is -3.96. The summed E-state index contributed by atoms with van der Waals surface area (Å²) >= 11 is 3.03. The molecule has 2 amide bonds. The molecule has 0 bridgehead atoms. The van der Waals surface area contributed by atoms with Crippen LogP contribution in [0.1, 0.15) is 32.0 Å². The first kappa shape index (κ1) is 29.9. The highest BCUT2D eigenvalue weighted by molar-refractivity contribution is 7.99. The molecule has 0 saturated heterocycles. The Labute approximate surface area is 251 Å². The first-order valence-electron chi connectivity index (χ1n) is 12.6. The Balaban J connectivity index is 1.19. The molecule has 0 atom stereocenters. The number of carbonyl (C=O) groups excluding carboxylic acids is 2. The number of benzene rings is 3. The number of sulfone groups is 1. The fourth-order valence-corrected chi connectivity index (χ4v) is 7.84. The second kappa shape index (κ2) is 12.4. The number of anilines is 1. The highest BCUT2D eigenvalue weighted by Crippen LogP contribution is 2.34. The van der Waals surface area contributed by atoms with Crippen molar-refractivity contribution in [3.8, 4) is 10.6 Å². The number of fused-ring (bicyclic) bond motifs is 2. The summed E-state index contributed by atoms with van der Waals surface area (Å²) in [7, 11) is -7.37. The van der Waals surface area contributed by atoms with Crippen molar-refractivity contribution in [1.29, 1.82) is 0 Å². The molecule has 2 heterocycles. The lowest BCUT2D eigenvalue weighted by molar-refractivity contribution is 0.0949. The third kappa shape index (κ3) is 6.90. The van der Waals surface area contributed by atoms with Gasteiger partial charge in [-0.3, -0.25) is 13.8 Å². The molecule has 0 saturated carbocycles. The topological polar surface area (TPSA) is 149 Å². The van der Waals surface area contributed by atoms with E-state index in [1.807, 2.05) is 24.3 Å². The summed E-state index contributed by atoms with van der Waals surface area (Å²) in [5, 5.41) is 6.22. The average Bonchev–Trinajstić information content (AvgIpc) is 3.41. The van der Waals surface area contributed by atoms with E-state index in [4.69, 9.17) is 4.18 Å². The number of nitrogens with zero attached hydrogens (tertiary/aromatic N) is 1. The average molecular weight is 644 g/mol. The molecular weight excluding hydrogens is 619 g/mol. The Morgan fingerprint density at radius 1 is 1.07 bits per heavy atom. The Kier molecular flexibility index (Phi) is 8.80. The van der Waals surface area contributed by atoms with Crippen molar-refractivity contribution in [2.24, 2.45) is 0 Å². The van der Waals surface area contributed by atoms with Crippen LogP contribution in [-0.2, 0) is 30.7 Å². The van der Waals surface area contributed by atoms with Crippen molar-refractivity contribution in [3.05, 3.63) is 88.9 Å². The first-order valence-corrected chi connectivity index (χ1v) is 17.7. The van der Waals surface area contributed by atoms with E-state index < -0.39 is 31.8 Å². The van der Waals surface area contributed by atoms with Gasteiger partial charge in [-0.2, -0.15) is 8.42 Å². The fourth-order valence-electron chi connectivity index (χ4n) is 4.15. The van der Waals surface area contributed by atoms with E-state index in [1.54, 1.807) is 30.1 Å². The van der Waals surface area contributed by atoms with Crippen LogP contribution in [0.5, 0.6) is 0 Å². The molecule has 0 aliphatic carbocycles. The molecule has 0 spiro atoms. The Bertz CT molecular complexity index is 1870. The molecule has 0 fully saturated rings. The zero-order valence-electron chi connectivity index (χ0n) is 22.2. The van der Waals surface area contributed by atoms with E-state index >= 15 is 0 Å². The van der Waals surface area contributed by atoms with Crippen molar-refractivity contribution in [2.45, 2.75) is 27.7 Å². The Hall–Kier alpha value is -3.56. The monoisotopic (exact) mass is 643 g/mol. The van der Waals surface area contributed by atoms with Crippen LogP contribution < -0.4 is 10.6 Å². The zero-order valence-corrected chi connectivity index (χ0v) is 25.5. The van der Waals surface area contributed by atoms with Gasteiger partial charge in [0.25, 0.3) is 21.9 Å². The van der Waals surface area contributed by atoms with E-state index in [2.05, 4.69) is 15.6 Å². The molecular formula is C28H25N3O7S4. The largest absolute Gasteiger partial charge is 0.347 e. The van der Waals surface area contributed by atoms with Gasteiger partial charge in [-0.05, 0) is 48.9 Å². The number of rotatable bonds is 10. The Morgan fingerprint density at radius 3 is 2.60 bits per heavy atom. The van der Waals surface area contributed by atoms with Gasteiger partial charge in [-0.25, -0.2) is 13.4 Å². The van der Waals surface area contributed by atoms with Crippen molar-refractivity contribution < 1.29 is 30.6 Å². The second-order valence-electron chi connectivity index (χ2n) is 9.23. The van der Waals surface area contributed by atoms with Crippen LogP contribution >= 0.6 is 23.1 Å². The molecule has 2 N–H and O–H groups in total. The van der Waals surface area contributed by atoms with E-state index in [-0.39, 0.29) is 39.8 Å². The quantitative estimate of drug-likeness (QED) is 0.144. The van der Waals surface area contributed by atoms with Crippen LogP contribution in [0.15, 0.2) is 87.6 Å². The second-order valence-corrected chi connectivity index (χ2v) is 15.0. The molecule has 1 aliphatic rings. The maximum atomic E-state index is 13.2. The lowest BCUT2D eigenvalue weighted by atomic mass is 10.1. The highest BCUT2D eigenvalue weighted by Gasteiger charge is 2.31. The molecule has 218 valence electrons. The van der Waals surface area contributed by atoms with E-state index in [1.165, 1.54) is 41.7 Å². The molecule has 1 aliphatic heterocycles.